The molecule has 1 heterocycles. The van der Waals surface area contributed by atoms with E-state index in [1.807, 2.05) is 30.3 Å². The third-order valence-corrected chi connectivity index (χ3v) is 3.96. The largest absolute Gasteiger partial charge is 0.493 e. The number of para-hydroxylation sites is 1. The number of aromatic nitrogens is 1. The zero-order valence-corrected chi connectivity index (χ0v) is 15.2. The van der Waals surface area contributed by atoms with Crippen molar-refractivity contribution < 1.29 is 19.0 Å². The molecule has 2 aromatic carbocycles. The lowest BCUT2D eigenvalue weighted by molar-refractivity contribution is 0.0954. The lowest BCUT2D eigenvalue weighted by Gasteiger charge is -2.13. The molecule has 27 heavy (non-hydrogen) atoms. The third-order valence-electron chi connectivity index (χ3n) is 3.96. The van der Waals surface area contributed by atoms with Gasteiger partial charge in [0.1, 0.15) is 0 Å². The Morgan fingerprint density at radius 3 is 2.41 bits per heavy atom. The monoisotopic (exact) mass is 365 g/mol. The van der Waals surface area contributed by atoms with Crippen molar-refractivity contribution in [1.82, 2.24) is 10.4 Å². The molecule has 0 radical (unpaired) electrons. The highest BCUT2D eigenvalue weighted by molar-refractivity contribution is 5.99. The number of ether oxygens (including phenoxy) is 3. The first kappa shape index (κ1) is 18.2. The number of benzene rings is 2. The van der Waals surface area contributed by atoms with Crippen LogP contribution in [0.25, 0.3) is 10.9 Å². The minimum atomic E-state index is -0.404. The SMILES string of the molecule is COc1cc(C(=O)N/N=C/c2cccc3cccnc23)cc(OC)c1OC. The smallest absolute Gasteiger partial charge is 0.271 e. The number of nitrogens with one attached hydrogen (secondary N) is 1. The van der Waals surface area contributed by atoms with E-state index >= 15 is 0 Å². The van der Waals surface area contributed by atoms with Gasteiger partial charge < -0.3 is 14.2 Å². The molecular weight excluding hydrogens is 346 g/mol. The molecule has 1 N–H and O–H groups in total. The zero-order valence-electron chi connectivity index (χ0n) is 15.2. The summed E-state index contributed by atoms with van der Waals surface area (Å²) in [4.78, 5) is 16.8. The molecule has 138 valence electrons. The van der Waals surface area contributed by atoms with Crippen LogP contribution < -0.4 is 19.6 Å². The van der Waals surface area contributed by atoms with Crippen LogP contribution in [0.2, 0.25) is 0 Å². The molecule has 1 aromatic heterocycles. The maximum Gasteiger partial charge on any atom is 0.271 e. The normalized spacial score (nSPS) is 10.8. The molecule has 0 aliphatic rings. The van der Waals surface area contributed by atoms with Crippen LogP contribution in [0, 0.1) is 0 Å². The van der Waals surface area contributed by atoms with Crippen LogP contribution >= 0.6 is 0 Å². The number of carbonyl (C=O) groups excluding carboxylic acids is 1. The number of rotatable bonds is 6. The standard InChI is InChI=1S/C20H19N3O4/c1-25-16-10-15(11-17(26-2)19(16)27-3)20(24)23-22-12-14-7-4-6-13-8-5-9-21-18(13)14/h4-12H,1-3H3,(H,23,24)/b22-12+. The molecule has 0 fully saturated rings. The number of methoxy groups -OCH3 is 3. The van der Waals surface area contributed by atoms with Crippen molar-refractivity contribution in [2.45, 2.75) is 0 Å². The first-order chi connectivity index (χ1) is 13.2. The highest BCUT2D eigenvalue weighted by atomic mass is 16.5. The summed E-state index contributed by atoms with van der Waals surface area (Å²) in [5, 5.41) is 5.04. The van der Waals surface area contributed by atoms with E-state index in [0.717, 1.165) is 16.5 Å². The molecule has 0 spiro atoms. The van der Waals surface area contributed by atoms with Gasteiger partial charge in [-0.2, -0.15) is 5.10 Å². The number of hydrogen-bond acceptors (Lipinski definition) is 6. The van der Waals surface area contributed by atoms with Gasteiger partial charge in [0.15, 0.2) is 11.5 Å². The summed E-state index contributed by atoms with van der Waals surface area (Å²) < 4.78 is 15.8. The van der Waals surface area contributed by atoms with E-state index in [2.05, 4.69) is 15.5 Å². The van der Waals surface area contributed by atoms with Crippen molar-refractivity contribution in [3.05, 3.63) is 59.8 Å². The Kier molecular flexibility index (Phi) is 5.51. The van der Waals surface area contributed by atoms with Crippen molar-refractivity contribution in [3.8, 4) is 17.2 Å². The van der Waals surface area contributed by atoms with E-state index < -0.39 is 5.91 Å². The van der Waals surface area contributed by atoms with Crippen molar-refractivity contribution >= 4 is 23.0 Å². The molecule has 0 aliphatic heterocycles. The summed E-state index contributed by atoms with van der Waals surface area (Å²) in [7, 11) is 4.48. The fraction of sp³-hybridized carbons (Fsp3) is 0.150. The maximum absolute atomic E-state index is 12.4. The van der Waals surface area contributed by atoms with Gasteiger partial charge in [0.05, 0.1) is 33.1 Å². The van der Waals surface area contributed by atoms with E-state index in [4.69, 9.17) is 14.2 Å². The number of nitrogens with zero attached hydrogens (tertiary/aromatic N) is 2. The Hall–Kier alpha value is -3.61. The first-order valence-corrected chi connectivity index (χ1v) is 8.15. The van der Waals surface area contributed by atoms with Gasteiger partial charge >= 0.3 is 0 Å². The van der Waals surface area contributed by atoms with Crippen LogP contribution in [-0.2, 0) is 0 Å². The number of fused-ring (bicyclic) bond motifs is 1. The maximum atomic E-state index is 12.4. The number of pyridine rings is 1. The Labute approximate surface area is 156 Å². The summed E-state index contributed by atoms with van der Waals surface area (Å²) >= 11 is 0. The van der Waals surface area contributed by atoms with Gasteiger partial charge in [0, 0.05) is 22.7 Å². The minimum absolute atomic E-state index is 0.331. The fourth-order valence-corrected chi connectivity index (χ4v) is 2.67. The van der Waals surface area contributed by atoms with Crippen LogP contribution in [0.1, 0.15) is 15.9 Å². The number of amides is 1. The average Bonchev–Trinajstić information content (AvgIpc) is 2.72. The molecule has 0 bridgehead atoms. The second-order valence-electron chi connectivity index (χ2n) is 5.54. The lowest BCUT2D eigenvalue weighted by Crippen LogP contribution is -2.18. The van der Waals surface area contributed by atoms with Crippen LogP contribution in [-0.4, -0.2) is 38.4 Å². The molecular formula is C20H19N3O4. The van der Waals surface area contributed by atoms with Crippen LogP contribution in [0.3, 0.4) is 0 Å². The first-order valence-electron chi connectivity index (χ1n) is 8.15. The Balaban J connectivity index is 1.82. The topological polar surface area (TPSA) is 82.0 Å². The van der Waals surface area contributed by atoms with E-state index in [1.165, 1.54) is 21.3 Å². The van der Waals surface area contributed by atoms with Gasteiger partial charge in [-0.05, 0) is 18.2 Å². The van der Waals surface area contributed by atoms with E-state index in [-0.39, 0.29) is 0 Å². The van der Waals surface area contributed by atoms with Crippen molar-refractivity contribution in [2.75, 3.05) is 21.3 Å². The molecule has 0 saturated heterocycles. The molecule has 3 rings (SSSR count). The fourth-order valence-electron chi connectivity index (χ4n) is 2.67. The molecule has 7 heteroatoms. The van der Waals surface area contributed by atoms with E-state index in [0.29, 0.717) is 22.8 Å². The summed E-state index contributed by atoms with van der Waals surface area (Å²) in [5.41, 5.74) is 4.45. The highest BCUT2D eigenvalue weighted by Gasteiger charge is 2.16. The van der Waals surface area contributed by atoms with Crippen LogP contribution in [0.5, 0.6) is 17.2 Å². The average molecular weight is 365 g/mol. The number of hydrogen-bond donors (Lipinski definition) is 1. The molecule has 1 amide bonds. The van der Waals surface area contributed by atoms with Gasteiger partial charge in [-0.15, -0.1) is 0 Å². The summed E-state index contributed by atoms with van der Waals surface area (Å²) in [6, 6.07) is 12.7. The molecule has 0 unspecified atom stereocenters. The molecule has 0 aliphatic carbocycles. The van der Waals surface area contributed by atoms with Gasteiger partial charge in [-0.25, -0.2) is 5.43 Å². The Morgan fingerprint density at radius 1 is 1.04 bits per heavy atom. The number of hydrazone groups is 1. The lowest BCUT2D eigenvalue weighted by atomic mass is 10.1. The Bertz CT molecular complexity index is 971. The second kappa shape index (κ2) is 8.18. The summed E-state index contributed by atoms with van der Waals surface area (Å²) in [6.45, 7) is 0. The van der Waals surface area contributed by atoms with Gasteiger partial charge in [-0.3, -0.25) is 9.78 Å². The number of carbonyl (C=O) groups is 1. The van der Waals surface area contributed by atoms with Gasteiger partial charge in [-0.1, -0.05) is 24.3 Å². The predicted molar refractivity (Wildman–Crippen MR) is 103 cm³/mol. The predicted octanol–water partition coefficient (Wildman–Crippen LogP) is 3.02. The Morgan fingerprint density at radius 2 is 1.74 bits per heavy atom. The minimum Gasteiger partial charge on any atom is -0.493 e. The van der Waals surface area contributed by atoms with Crippen LogP contribution in [0.15, 0.2) is 53.8 Å². The van der Waals surface area contributed by atoms with Crippen molar-refractivity contribution in [2.24, 2.45) is 5.10 Å². The second-order valence-corrected chi connectivity index (χ2v) is 5.54. The molecule has 0 atom stereocenters. The summed E-state index contributed by atoms with van der Waals surface area (Å²) in [5.74, 6) is 0.800. The van der Waals surface area contributed by atoms with Crippen LogP contribution in [0.4, 0.5) is 0 Å². The summed E-state index contributed by atoms with van der Waals surface area (Å²) in [6.07, 6.45) is 3.28. The zero-order chi connectivity index (χ0) is 19.2. The highest BCUT2D eigenvalue weighted by Crippen LogP contribution is 2.38. The molecule has 0 saturated carbocycles. The van der Waals surface area contributed by atoms with E-state index in [1.54, 1.807) is 24.5 Å². The third kappa shape index (κ3) is 3.82. The molecule has 3 aromatic rings. The van der Waals surface area contributed by atoms with Crippen molar-refractivity contribution in [3.63, 3.8) is 0 Å². The quantitative estimate of drug-likeness (QED) is 0.536. The van der Waals surface area contributed by atoms with Gasteiger partial charge in [0.2, 0.25) is 5.75 Å². The van der Waals surface area contributed by atoms with Crippen molar-refractivity contribution in [1.29, 1.82) is 0 Å². The molecule has 7 nitrogen and oxygen atoms in total. The van der Waals surface area contributed by atoms with E-state index in [9.17, 15) is 4.79 Å². The van der Waals surface area contributed by atoms with Gasteiger partial charge in [0.25, 0.3) is 5.91 Å².